The molecule has 2 fully saturated rings. The van der Waals surface area contributed by atoms with Gasteiger partial charge in [0.25, 0.3) is 5.69 Å². The Bertz CT molecular complexity index is 553. The molecule has 2 aliphatic rings. The number of nitro groups is 1. The first-order valence-corrected chi connectivity index (χ1v) is 6.98. The minimum Gasteiger partial charge on any atom is -0.455 e. The van der Waals surface area contributed by atoms with E-state index in [1.165, 1.54) is 24.3 Å². The number of nitrogens with zero attached hydrogens (tertiary/aromatic N) is 1. The van der Waals surface area contributed by atoms with E-state index in [4.69, 9.17) is 4.74 Å². The van der Waals surface area contributed by atoms with Gasteiger partial charge in [-0.25, -0.2) is 4.79 Å². The van der Waals surface area contributed by atoms with E-state index in [-0.39, 0.29) is 17.3 Å². The number of hydrogen-bond acceptors (Lipinski definition) is 4. The Morgan fingerprint density at radius 3 is 2.60 bits per heavy atom. The maximum atomic E-state index is 12.2. The molecular formula is C15H17NO4. The van der Waals surface area contributed by atoms with Crippen molar-refractivity contribution in [3.63, 3.8) is 0 Å². The van der Waals surface area contributed by atoms with E-state index in [1.807, 2.05) is 0 Å². The number of esters is 1. The van der Waals surface area contributed by atoms with Crippen molar-refractivity contribution in [2.24, 2.45) is 11.8 Å². The number of benzene rings is 1. The maximum Gasteiger partial charge on any atom is 0.338 e. The number of carbonyl (C=O) groups is 1. The highest BCUT2D eigenvalue weighted by atomic mass is 16.6. The molecule has 3 rings (SSSR count). The average Bonchev–Trinajstić information content (AvgIpc) is 2.95. The van der Waals surface area contributed by atoms with Crippen molar-refractivity contribution in [3.8, 4) is 0 Å². The standard InChI is InChI=1S/C15H17NO4/c1-10-8-11-6-7-15(10,9-11)20-14(17)12-2-4-13(5-3-12)16(18)19/h2-5,10-11H,6-9H2,1H3. The monoisotopic (exact) mass is 275 g/mol. The highest BCUT2D eigenvalue weighted by Crippen LogP contribution is 2.53. The molecule has 0 N–H and O–H groups in total. The van der Waals surface area contributed by atoms with Crippen LogP contribution in [0, 0.1) is 22.0 Å². The summed E-state index contributed by atoms with van der Waals surface area (Å²) >= 11 is 0. The molecule has 5 nitrogen and oxygen atoms in total. The summed E-state index contributed by atoms with van der Waals surface area (Å²) in [6.45, 7) is 2.14. The van der Waals surface area contributed by atoms with E-state index in [0.717, 1.165) is 25.7 Å². The molecular weight excluding hydrogens is 258 g/mol. The number of carbonyl (C=O) groups excluding carboxylic acids is 1. The Balaban J connectivity index is 1.75. The molecule has 2 bridgehead atoms. The highest BCUT2D eigenvalue weighted by Gasteiger charge is 2.52. The molecule has 0 heterocycles. The Labute approximate surface area is 117 Å². The third-order valence-corrected chi connectivity index (χ3v) is 4.80. The highest BCUT2D eigenvalue weighted by molar-refractivity contribution is 5.90. The van der Waals surface area contributed by atoms with Crippen LogP contribution in [0.3, 0.4) is 0 Å². The summed E-state index contributed by atoms with van der Waals surface area (Å²) < 4.78 is 5.78. The van der Waals surface area contributed by atoms with Crippen LogP contribution in [0.1, 0.15) is 43.0 Å². The SMILES string of the molecule is CC1CC2CCC1(OC(=O)c1ccc([N+](=O)[O-])cc1)C2. The minimum absolute atomic E-state index is 0.0186. The third-order valence-electron chi connectivity index (χ3n) is 4.80. The largest absolute Gasteiger partial charge is 0.455 e. The molecule has 0 aromatic heterocycles. The smallest absolute Gasteiger partial charge is 0.338 e. The summed E-state index contributed by atoms with van der Waals surface area (Å²) in [5.41, 5.74) is 0.0613. The van der Waals surface area contributed by atoms with Crippen molar-refractivity contribution < 1.29 is 14.5 Å². The molecule has 1 aromatic carbocycles. The fourth-order valence-electron chi connectivity index (χ4n) is 3.66. The van der Waals surface area contributed by atoms with Crippen LogP contribution in [0.25, 0.3) is 0 Å². The van der Waals surface area contributed by atoms with Crippen LogP contribution in [-0.4, -0.2) is 16.5 Å². The van der Waals surface area contributed by atoms with Crippen molar-refractivity contribution in [1.29, 1.82) is 0 Å². The Morgan fingerprint density at radius 2 is 2.10 bits per heavy atom. The van der Waals surface area contributed by atoms with Crippen LogP contribution in [0.2, 0.25) is 0 Å². The molecule has 0 saturated heterocycles. The zero-order chi connectivity index (χ0) is 14.3. The Morgan fingerprint density at radius 1 is 1.40 bits per heavy atom. The zero-order valence-electron chi connectivity index (χ0n) is 11.4. The minimum atomic E-state index is -0.478. The molecule has 0 spiro atoms. The first-order chi connectivity index (χ1) is 9.50. The normalized spacial score (nSPS) is 31.2. The first kappa shape index (κ1) is 13.1. The molecule has 0 aliphatic heterocycles. The number of ether oxygens (including phenoxy) is 1. The van der Waals surface area contributed by atoms with Crippen LogP contribution >= 0.6 is 0 Å². The first-order valence-electron chi connectivity index (χ1n) is 6.98. The molecule has 0 radical (unpaired) electrons. The van der Waals surface area contributed by atoms with Crippen molar-refractivity contribution in [2.45, 2.75) is 38.2 Å². The molecule has 3 atom stereocenters. The van der Waals surface area contributed by atoms with E-state index in [0.29, 0.717) is 17.4 Å². The number of hydrogen-bond donors (Lipinski definition) is 0. The van der Waals surface area contributed by atoms with Gasteiger partial charge >= 0.3 is 5.97 Å². The van der Waals surface area contributed by atoms with Gasteiger partial charge in [-0.2, -0.15) is 0 Å². The van der Waals surface area contributed by atoms with E-state index in [9.17, 15) is 14.9 Å². The van der Waals surface area contributed by atoms with Gasteiger partial charge in [0.05, 0.1) is 10.5 Å². The zero-order valence-corrected chi connectivity index (χ0v) is 11.4. The number of non-ortho nitro benzene ring substituents is 1. The summed E-state index contributed by atoms with van der Waals surface area (Å²) in [5.74, 6) is 0.729. The van der Waals surface area contributed by atoms with Crippen molar-refractivity contribution in [3.05, 3.63) is 39.9 Å². The second-order valence-corrected chi connectivity index (χ2v) is 6.00. The van der Waals surface area contributed by atoms with Gasteiger partial charge < -0.3 is 4.74 Å². The summed E-state index contributed by atoms with van der Waals surface area (Å²) in [4.78, 5) is 22.3. The van der Waals surface area contributed by atoms with Gasteiger partial charge in [-0.1, -0.05) is 6.92 Å². The lowest BCUT2D eigenvalue weighted by molar-refractivity contribution is -0.384. The second kappa shape index (κ2) is 4.58. The third kappa shape index (κ3) is 2.07. The van der Waals surface area contributed by atoms with Gasteiger partial charge in [-0.3, -0.25) is 10.1 Å². The number of fused-ring (bicyclic) bond motifs is 2. The Hall–Kier alpha value is -1.91. The molecule has 1 aromatic rings. The predicted molar refractivity (Wildman–Crippen MR) is 72.4 cm³/mol. The number of nitro benzene ring substituents is 1. The van der Waals surface area contributed by atoms with Gasteiger partial charge in [0.1, 0.15) is 5.60 Å². The van der Waals surface area contributed by atoms with E-state index in [2.05, 4.69) is 6.92 Å². The maximum absolute atomic E-state index is 12.2. The van der Waals surface area contributed by atoms with Crippen LogP contribution < -0.4 is 0 Å². The van der Waals surface area contributed by atoms with Gasteiger partial charge in [0.2, 0.25) is 0 Å². The summed E-state index contributed by atoms with van der Waals surface area (Å²) in [6.07, 6.45) is 4.18. The molecule has 2 saturated carbocycles. The van der Waals surface area contributed by atoms with Crippen LogP contribution in [0.5, 0.6) is 0 Å². The van der Waals surface area contributed by atoms with E-state index < -0.39 is 4.92 Å². The summed E-state index contributed by atoms with van der Waals surface area (Å²) in [5, 5.41) is 10.6. The van der Waals surface area contributed by atoms with Gasteiger partial charge in [-0.05, 0) is 49.7 Å². The predicted octanol–water partition coefficient (Wildman–Crippen LogP) is 3.33. The van der Waals surface area contributed by atoms with E-state index in [1.54, 1.807) is 0 Å². The van der Waals surface area contributed by atoms with Crippen LogP contribution in [0.4, 0.5) is 5.69 Å². The second-order valence-electron chi connectivity index (χ2n) is 6.00. The van der Waals surface area contributed by atoms with Crippen molar-refractivity contribution >= 4 is 11.7 Å². The lowest BCUT2D eigenvalue weighted by Crippen LogP contribution is -2.36. The van der Waals surface area contributed by atoms with E-state index >= 15 is 0 Å². The average molecular weight is 275 g/mol. The summed E-state index contributed by atoms with van der Waals surface area (Å²) in [6, 6.07) is 5.60. The molecule has 106 valence electrons. The lowest BCUT2D eigenvalue weighted by Gasteiger charge is -2.32. The van der Waals surface area contributed by atoms with Gasteiger partial charge in [0.15, 0.2) is 0 Å². The molecule has 20 heavy (non-hydrogen) atoms. The van der Waals surface area contributed by atoms with Gasteiger partial charge in [0, 0.05) is 12.1 Å². The van der Waals surface area contributed by atoms with Crippen LogP contribution in [0.15, 0.2) is 24.3 Å². The van der Waals surface area contributed by atoms with Crippen LogP contribution in [-0.2, 0) is 4.74 Å². The summed E-state index contributed by atoms with van der Waals surface area (Å²) in [7, 11) is 0. The Kier molecular flexibility index (Phi) is 3.00. The molecule has 3 unspecified atom stereocenters. The quantitative estimate of drug-likeness (QED) is 0.482. The molecule has 2 aliphatic carbocycles. The van der Waals surface area contributed by atoms with Crippen molar-refractivity contribution in [2.75, 3.05) is 0 Å². The van der Waals surface area contributed by atoms with Crippen molar-refractivity contribution in [1.82, 2.24) is 0 Å². The van der Waals surface area contributed by atoms with Gasteiger partial charge in [-0.15, -0.1) is 0 Å². The topological polar surface area (TPSA) is 69.4 Å². The fraction of sp³-hybridized carbons (Fsp3) is 0.533. The molecule has 0 amide bonds. The molecule has 5 heteroatoms. The lowest BCUT2D eigenvalue weighted by atomic mass is 9.86. The fourth-order valence-corrected chi connectivity index (χ4v) is 3.66. The number of rotatable bonds is 3.